The van der Waals surface area contributed by atoms with Gasteiger partial charge < -0.3 is 4.74 Å². The Balaban J connectivity index is 3.29. The zero-order valence-corrected chi connectivity index (χ0v) is 8.27. The van der Waals surface area contributed by atoms with Gasteiger partial charge in [0.05, 0.1) is 0 Å². The molecule has 0 spiro atoms. The molecule has 0 bridgehead atoms. The number of hydrogen-bond acceptors (Lipinski definition) is 3. The molecule has 0 saturated heterocycles. The maximum atomic E-state index is 13.0. The molecule has 0 radical (unpaired) electrons. The van der Waals surface area contributed by atoms with Gasteiger partial charge in [0.25, 0.3) is 0 Å². The second-order valence-corrected chi connectivity index (χ2v) is 4.14. The summed E-state index contributed by atoms with van der Waals surface area (Å²) < 4.78 is 74.5. The van der Waals surface area contributed by atoms with Crippen molar-refractivity contribution in [2.75, 3.05) is 0 Å². The highest BCUT2D eigenvalue weighted by molar-refractivity contribution is 7.89. The first-order valence-corrected chi connectivity index (χ1v) is 5.23. The molecule has 0 unspecified atom stereocenters. The van der Waals surface area contributed by atoms with Gasteiger partial charge in [0.15, 0.2) is 11.6 Å². The molecule has 1 rings (SSSR count). The zero-order valence-electron chi connectivity index (χ0n) is 7.45. The van der Waals surface area contributed by atoms with E-state index in [1.807, 2.05) is 0 Å². The molecule has 0 aliphatic heterocycles. The number of hydrogen-bond donors (Lipinski definition) is 1. The Bertz CT molecular complexity index is 503. The molecule has 1 aromatic carbocycles. The monoisotopic (exact) mass is 259 g/mol. The molecule has 0 heterocycles. The first kappa shape index (κ1) is 12.7. The number of nitrogens with two attached hydrogens (primary N) is 1. The van der Waals surface area contributed by atoms with E-state index in [0.717, 1.165) is 0 Å². The Kier molecular flexibility index (Phi) is 3.38. The van der Waals surface area contributed by atoms with Crippen molar-refractivity contribution in [2.45, 2.75) is 11.5 Å². The molecule has 4 nitrogen and oxygen atoms in total. The first-order chi connectivity index (χ1) is 7.23. The van der Waals surface area contributed by atoms with Gasteiger partial charge in [0, 0.05) is 0 Å². The number of ether oxygens (including phenoxy) is 1. The standard InChI is InChI=1S/C7H5F4NO3S/c8-5-3(15-7(10)11)1-2-4(6(5)9)16(12,13)14/h1-2,7H,(H2,12,13,14). The van der Waals surface area contributed by atoms with E-state index < -0.39 is 38.9 Å². The lowest BCUT2D eigenvalue weighted by Crippen LogP contribution is -2.15. The Morgan fingerprint density at radius 2 is 1.75 bits per heavy atom. The molecule has 0 aromatic heterocycles. The second-order valence-electron chi connectivity index (χ2n) is 2.61. The molecule has 90 valence electrons. The number of benzene rings is 1. The Labute approximate surface area is 87.7 Å². The molecule has 0 atom stereocenters. The third kappa shape index (κ3) is 2.61. The highest BCUT2D eigenvalue weighted by Gasteiger charge is 2.22. The van der Waals surface area contributed by atoms with Crippen LogP contribution in [0.4, 0.5) is 17.6 Å². The highest BCUT2D eigenvalue weighted by atomic mass is 32.2. The lowest BCUT2D eigenvalue weighted by Gasteiger charge is -2.07. The maximum absolute atomic E-state index is 13.0. The minimum absolute atomic E-state index is 0.533. The van der Waals surface area contributed by atoms with Gasteiger partial charge in [-0.2, -0.15) is 13.2 Å². The van der Waals surface area contributed by atoms with Crippen LogP contribution < -0.4 is 9.88 Å². The summed E-state index contributed by atoms with van der Waals surface area (Å²) in [6.45, 7) is -3.35. The van der Waals surface area contributed by atoms with Gasteiger partial charge in [-0.3, -0.25) is 0 Å². The van der Waals surface area contributed by atoms with Crippen LogP contribution in [0.25, 0.3) is 0 Å². The number of primary sulfonamides is 1. The van der Waals surface area contributed by atoms with E-state index in [0.29, 0.717) is 12.1 Å². The maximum Gasteiger partial charge on any atom is 0.387 e. The summed E-state index contributed by atoms with van der Waals surface area (Å²) in [7, 11) is -4.46. The minimum atomic E-state index is -4.46. The van der Waals surface area contributed by atoms with Crippen LogP contribution in [0.15, 0.2) is 17.0 Å². The van der Waals surface area contributed by atoms with Gasteiger partial charge in [0.2, 0.25) is 15.8 Å². The van der Waals surface area contributed by atoms with Crippen LogP contribution in [-0.4, -0.2) is 15.0 Å². The summed E-state index contributed by atoms with van der Waals surface area (Å²) in [4.78, 5) is -1.13. The highest BCUT2D eigenvalue weighted by Crippen LogP contribution is 2.25. The third-order valence-corrected chi connectivity index (χ3v) is 2.46. The number of halogens is 4. The summed E-state index contributed by atoms with van der Waals surface area (Å²) in [5, 5.41) is 4.55. The SMILES string of the molecule is NS(=O)(=O)c1ccc(OC(F)F)c(F)c1F. The molecule has 9 heteroatoms. The lowest BCUT2D eigenvalue weighted by atomic mass is 10.3. The summed E-state index contributed by atoms with van der Waals surface area (Å²) in [5.74, 6) is -4.80. The van der Waals surface area contributed by atoms with Crippen LogP contribution in [0.1, 0.15) is 0 Å². The predicted octanol–water partition coefficient (Wildman–Crippen LogP) is 1.21. The summed E-state index contributed by atoms with van der Waals surface area (Å²) in [5.41, 5.74) is 0. The van der Waals surface area contributed by atoms with Crippen LogP contribution in [-0.2, 0) is 10.0 Å². The molecule has 1 aromatic rings. The van der Waals surface area contributed by atoms with Crippen molar-refractivity contribution < 1.29 is 30.7 Å². The zero-order chi connectivity index (χ0) is 12.5. The van der Waals surface area contributed by atoms with Crippen LogP contribution in [0.2, 0.25) is 0 Å². The Morgan fingerprint density at radius 3 is 2.19 bits per heavy atom. The molecular weight excluding hydrogens is 254 g/mol. The summed E-state index contributed by atoms with van der Waals surface area (Å²) in [6.07, 6.45) is 0. The molecular formula is C7H5F4NO3S. The molecule has 0 amide bonds. The third-order valence-electron chi connectivity index (χ3n) is 1.53. The van der Waals surface area contributed by atoms with Crippen LogP contribution in [0, 0.1) is 11.6 Å². The molecule has 16 heavy (non-hydrogen) atoms. The van der Waals surface area contributed by atoms with Crippen LogP contribution in [0.3, 0.4) is 0 Å². The minimum Gasteiger partial charge on any atom is -0.432 e. The van der Waals surface area contributed by atoms with Crippen LogP contribution >= 0.6 is 0 Å². The van der Waals surface area contributed by atoms with Crippen molar-refractivity contribution in [1.29, 1.82) is 0 Å². The van der Waals surface area contributed by atoms with E-state index in [9.17, 15) is 26.0 Å². The van der Waals surface area contributed by atoms with E-state index in [4.69, 9.17) is 0 Å². The summed E-state index contributed by atoms with van der Waals surface area (Å²) >= 11 is 0. The van der Waals surface area contributed by atoms with E-state index in [-0.39, 0.29) is 0 Å². The fraction of sp³-hybridized carbons (Fsp3) is 0.143. The number of sulfonamides is 1. The average molecular weight is 259 g/mol. The topological polar surface area (TPSA) is 69.4 Å². The molecule has 0 aliphatic carbocycles. The van der Waals surface area contributed by atoms with Gasteiger partial charge in [0.1, 0.15) is 4.90 Å². The first-order valence-electron chi connectivity index (χ1n) is 3.69. The summed E-state index contributed by atoms with van der Waals surface area (Å²) in [6, 6.07) is 1.08. The van der Waals surface area contributed by atoms with Gasteiger partial charge >= 0.3 is 6.61 Å². The van der Waals surface area contributed by atoms with Crippen molar-refractivity contribution in [3.63, 3.8) is 0 Å². The lowest BCUT2D eigenvalue weighted by molar-refractivity contribution is -0.0525. The molecule has 2 N–H and O–H groups in total. The van der Waals surface area contributed by atoms with Crippen molar-refractivity contribution in [3.8, 4) is 5.75 Å². The van der Waals surface area contributed by atoms with Gasteiger partial charge in [-0.25, -0.2) is 17.9 Å². The number of alkyl halides is 2. The molecule has 0 fully saturated rings. The Hall–Kier alpha value is -1.35. The predicted molar refractivity (Wildman–Crippen MR) is 44.4 cm³/mol. The van der Waals surface area contributed by atoms with E-state index in [1.54, 1.807) is 0 Å². The van der Waals surface area contributed by atoms with Gasteiger partial charge in [-0.05, 0) is 12.1 Å². The molecule has 0 aliphatic rings. The van der Waals surface area contributed by atoms with E-state index in [2.05, 4.69) is 9.88 Å². The smallest absolute Gasteiger partial charge is 0.387 e. The van der Waals surface area contributed by atoms with E-state index in [1.165, 1.54) is 0 Å². The van der Waals surface area contributed by atoms with Crippen molar-refractivity contribution in [3.05, 3.63) is 23.8 Å². The fourth-order valence-electron chi connectivity index (χ4n) is 0.921. The van der Waals surface area contributed by atoms with Crippen molar-refractivity contribution in [2.24, 2.45) is 5.14 Å². The molecule has 0 saturated carbocycles. The van der Waals surface area contributed by atoms with Crippen molar-refractivity contribution in [1.82, 2.24) is 0 Å². The van der Waals surface area contributed by atoms with Crippen molar-refractivity contribution >= 4 is 10.0 Å². The van der Waals surface area contributed by atoms with Gasteiger partial charge in [-0.1, -0.05) is 0 Å². The van der Waals surface area contributed by atoms with Gasteiger partial charge in [-0.15, -0.1) is 0 Å². The van der Waals surface area contributed by atoms with E-state index >= 15 is 0 Å². The van der Waals surface area contributed by atoms with Crippen LogP contribution in [0.5, 0.6) is 5.75 Å². The largest absolute Gasteiger partial charge is 0.432 e. The second kappa shape index (κ2) is 4.26. The number of rotatable bonds is 3. The average Bonchev–Trinajstić information content (AvgIpc) is 2.10. The quantitative estimate of drug-likeness (QED) is 0.829. The fourth-order valence-corrected chi connectivity index (χ4v) is 1.52. The normalized spacial score (nSPS) is 11.9. The Morgan fingerprint density at radius 1 is 1.19 bits per heavy atom.